The lowest BCUT2D eigenvalue weighted by Crippen LogP contribution is -2.30. The lowest BCUT2D eigenvalue weighted by Gasteiger charge is -2.14. The van der Waals surface area contributed by atoms with Crippen LogP contribution in [0.15, 0.2) is 72.1 Å². The monoisotopic (exact) mass is 487 g/mol. The minimum Gasteiger partial charge on any atom is -0.454 e. The number of aryl methyl sites for hydroxylation is 1. The molecule has 178 valence electrons. The molecule has 1 aliphatic heterocycles. The molecule has 1 unspecified atom stereocenters. The standard InChI is InChI=1S/C26H25N5O3S/c1-3-18-4-7-21(8-5-18)31-24(20-10-12-27-13-11-20)29-30-26(31)35-17(2)25(32)28-15-19-6-9-22-23(14-19)34-16-33-22/h4-14,17H,3,15-16H2,1-2H3,(H,28,32). The van der Waals surface area contributed by atoms with Gasteiger partial charge in [0.05, 0.1) is 5.25 Å². The summed E-state index contributed by atoms with van der Waals surface area (Å²) in [5.41, 5.74) is 4.03. The predicted molar refractivity (Wildman–Crippen MR) is 134 cm³/mol. The Labute approximate surface area is 207 Å². The maximum atomic E-state index is 12.9. The van der Waals surface area contributed by atoms with Crippen molar-refractivity contribution in [3.63, 3.8) is 0 Å². The number of carbonyl (C=O) groups is 1. The van der Waals surface area contributed by atoms with Gasteiger partial charge in [0.1, 0.15) is 0 Å². The van der Waals surface area contributed by atoms with Gasteiger partial charge in [0, 0.05) is 30.2 Å². The lowest BCUT2D eigenvalue weighted by molar-refractivity contribution is -0.120. The molecule has 1 amide bonds. The number of nitrogens with one attached hydrogen (secondary N) is 1. The van der Waals surface area contributed by atoms with Crippen LogP contribution in [0.3, 0.4) is 0 Å². The molecule has 1 atom stereocenters. The number of hydrogen-bond acceptors (Lipinski definition) is 7. The second-order valence-corrected chi connectivity index (χ2v) is 9.37. The fourth-order valence-electron chi connectivity index (χ4n) is 3.74. The van der Waals surface area contributed by atoms with Gasteiger partial charge in [0.2, 0.25) is 12.7 Å². The van der Waals surface area contributed by atoms with Gasteiger partial charge in [-0.05, 0) is 60.9 Å². The number of aromatic nitrogens is 4. The Bertz CT molecular complexity index is 1320. The molecule has 0 fully saturated rings. The minimum absolute atomic E-state index is 0.0889. The third kappa shape index (κ3) is 5.00. The van der Waals surface area contributed by atoms with E-state index in [9.17, 15) is 4.79 Å². The van der Waals surface area contributed by atoms with Gasteiger partial charge in [0.25, 0.3) is 0 Å². The highest BCUT2D eigenvalue weighted by atomic mass is 32.2. The molecule has 4 aromatic rings. The van der Waals surface area contributed by atoms with Crippen molar-refractivity contribution in [1.29, 1.82) is 0 Å². The predicted octanol–water partition coefficient (Wildman–Crippen LogP) is 4.42. The number of pyridine rings is 1. The molecule has 9 heteroatoms. The van der Waals surface area contributed by atoms with E-state index in [1.165, 1.54) is 17.3 Å². The van der Waals surface area contributed by atoms with E-state index in [1.807, 2.05) is 41.8 Å². The van der Waals surface area contributed by atoms with Gasteiger partial charge in [-0.25, -0.2) is 0 Å². The van der Waals surface area contributed by atoms with Gasteiger partial charge >= 0.3 is 0 Å². The van der Waals surface area contributed by atoms with Crippen LogP contribution in [0.4, 0.5) is 0 Å². The molecule has 8 nitrogen and oxygen atoms in total. The van der Waals surface area contributed by atoms with Gasteiger partial charge < -0.3 is 14.8 Å². The highest BCUT2D eigenvalue weighted by molar-refractivity contribution is 8.00. The molecular weight excluding hydrogens is 462 g/mol. The molecule has 0 spiro atoms. The summed E-state index contributed by atoms with van der Waals surface area (Å²) >= 11 is 1.37. The number of benzene rings is 2. The van der Waals surface area contributed by atoms with Crippen molar-refractivity contribution in [2.75, 3.05) is 6.79 Å². The molecule has 0 saturated carbocycles. The van der Waals surface area contributed by atoms with E-state index in [0.717, 1.165) is 29.0 Å². The first-order valence-electron chi connectivity index (χ1n) is 11.4. The Hall–Kier alpha value is -3.85. The van der Waals surface area contributed by atoms with Crippen molar-refractivity contribution in [2.45, 2.75) is 37.2 Å². The fraction of sp³-hybridized carbons (Fsp3) is 0.231. The number of carbonyl (C=O) groups excluding carboxylic acids is 1. The summed E-state index contributed by atoms with van der Waals surface area (Å²) in [6.45, 7) is 4.61. The Kier molecular flexibility index (Phi) is 6.67. The normalized spacial score (nSPS) is 13.0. The van der Waals surface area contributed by atoms with Gasteiger partial charge in [0.15, 0.2) is 22.5 Å². The number of hydrogen-bond donors (Lipinski definition) is 1. The van der Waals surface area contributed by atoms with E-state index in [-0.39, 0.29) is 18.0 Å². The second-order valence-electron chi connectivity index (χ2n) is 8.06. The number of amides is 1. The molecule has 1 aliphatic rings. The number of fused-ring (bicyclic) bond motifs is 1. The third-order valence-electron chi connectivity index (χ3n) is 5.73. The largest absolute Gasteiger partial charge is 0.454 e. The number of rotatable bonds is 8. The van der Waals surface area contributed by atoms with E-state index in [1.54, 1.807) is 12.4 Å². The smallest absolute Gasteiger partial charge is 0.233 e. The van der Waals surface area contributed by atoms with E-state index < -0.39 is 0 Å². The molecule has 3 heterocycles. The van der Waals surface area contributed by atoms with Crippen LogP contribution in [0, 0.1) is 0 Å². The Morgan fingerprint density at radius 3 is 2.54 bits per heavy atom. The summed E-state index contributed by atoms with van der Waals surface area (Å²) in [5.74, 6) is 2.03. The van der Waals surface area contributed by atoms with Crippen molar-refractivity contribution >= 4 is 17.7 Å². The molecule has 5 rings (SSSR count). The summed E-state index contributed by atoms with van der Waals surface area (Å²) in [7, 11) is 0. The van der Waals surface area contributed by atoms with Crippen molar-refractivity contribution in [2.24, 2.45) is 0 Å². The minimum atomic E-state index is -0.382. The van der Waals surface area contributed by atoms with Crippen LogP contribution in [0.5, 0.6) is 11.5 Å². The number of ether oxygens (including phenoxy) is 2. The highest BCUT2D eigenvalue weighted by Crippen LogP contribution is 2.33. The van der Waals surface area contributed by atoms with Crippen molar-refractivity contribution in [3.8, 4) is 28.6 Å². The van der Waals surface area contributed by atoms with Crippen LogP contribution in [0.2, 0.25) is 0 Å². The van der Waals surface area contributed by atoms with Crippen LogP contribution in [-0.4, -0.2) is 37.7 Å². The summed E-state index contributed by atoms with van der Waals surface area (Å²) in [6.07, 6.45) is 4.42. The van der Waals surface area contributed by atoms with Crippen LogP contribution < -0.4 is 14.8 Å². The number of nitrogens with zero attached hydrogens (tertiary/aromatic N) is 4. The molecular formula is C26H25N5O3S. The molecule has 0 saturated heterocycles. The summed E-state index contributed by atoms with van der Waals surface area (Å²) in [5, 5.41) is 12.2. The van der Waals surface area contributed by atoms with E-state index in [0.29, 0.717) is 23.3 Å². The first-order valence-corrected chi connectivity index (χ1v) is 12.3. The Balaban J connectivity index is 1.35. The van der Waals surface area contributed by atoms with E-state index in [4.69, 9.17) is 9.47 Å². The van der Waals surface area contributed by atoms with Gasteiger partial charge in [-0.3, -0.25) is 14.3 Å². The molecule has 35 heavy (non-hydrogen) atoms. The molecule has 0 radical (unpaired) electrons. The van der Waals surface area contributed by atoms with Crippen molar-refractivity contribution in [1.82, 2.24) is 25.1 Å². The van der Waals surface area contributed by atoms with E-state index in [2.05, 4.69) is 51.7 Å². The van der Waals surface area contributed by atoms with Crippen molar-refractivity contribution in [3.05, 3.63) is 78.1 Å². The topological polar surface area (TPSA) is 91.2 Å². The molecule has 0 aliphatic carbocycles. The quantitative estimate of drug-likeness (QED) is 0.368. The molecule has 2 aromatic carbocycles. The zero-order valence-electron chi connectivity index (χ0n) is 19.5. The molecule has 0 bridgehead atoms. The highest BCUT2D eigenvalue weighted by Gasteiger charge is 2.22. The van der Waals surface area contributed by atoms with Gasteiger partial charge in [-0.2, -0.15) is 0 Å². The van der Waals surface area contributed by atoms with Crippen LogP contribution in [0.1, 0.15) is 25.0 Å². The zero-order valence-corrected chi connectivity index (χ0v) is 20.3. The average Bonchev–Trinajstić information content (AvgIpc) is 3.54. The Morgan fingerprint density at radius 1 is 1.03 bits per heavy atom. The van der Waals surface area contributed by atoms with Gasteiger partial charge in [-0.15, -0.1) is 10.2 Å². The fourth-order valence-corrected chi connectivity index (χ4v) is 4.64. The first kappa shape index (κ1) is 22.9. The molecule has 2 aromatic heterocycles. The van der Waals surface area contributed by atoms with Crippen LogP contribution >= 0.6 is 11.8 Å². The zero-order chi connectivity index (χ0) is 24.2. The maximum absolute atomic E-state index is 12.9. The summed E-state index contributed by atoms with van der Waals surface area (Å²) in [6, 6.07) is 17.8. The average molecular weight is 488 g/mol. The maximum Gasteiger partial charge on any atom is 0.233 e. The number of thioether (sulfide) groups is 1. The van der Waals surface area contributed by atoms with Crippen LogP contribution in [0.25, 0.3) is 17.1 Å². The Morgan fingerprint density at radius 2 is 1.77 bits per heavy atom. The van der Waals surface area contributed by atoms with Crippen LogP contribution in [-0.2, 0) is 17.8 Å². The van der Waals surface area contributed by atoms with E-state index >= 15 is 0 Å². The van der Waals surface area contributed by atoms with Crippen molar-refractivity contribution < 1.29 is 14.3 Å². The SMILES string of the molecule is CCc1ccc(-n2c(SC(C)C(=O)NCc3ccc4c(c3)OCO4)nnc2-c2ccncc2)cc1. The first-order chi connectivity index (χ1) is 17.1. The molecule has 1 N–H and O–H groups in total. The van der Waals surface area contributed by atoms with Gasteiger partial charge in [-0.1, -0.05) is 36.9 Å². The summed E-state index contributed by atoms with van der Waals surface area (Å²) in [4.78, 5) is 17.0. The summed E-state index contributed by atoms with van der Waals surface area (Å²) < 4.78 is 12.8. The lowest BCUT2D eigenvalue weighted by atomic mass is 10.1. The second kappa shape index (κ2) is 10.2. The third-order valence-corrected chi connectivity index (χ3v) is 6.77.